The normalized spacial score (nSPS) is 23.0. The Balaban J connectivity index is 0.000000327. The molecule has 0 spiro atoms. The molecule has 1 aliphatic rings. The average molecular weight is 254 g/mol. The van der Waals surface area contributed by atoms with Crippen molar-refractivity contribution in [2.24, 2.45) is 11.8 Å². The fourth-order valence-corrected chi connectivity index (χ4v) is 2.07. The Morgan fingerprint density at radius 2 is 2.00 bits per heavy atom. The van der Waals surface area contributed by atoms with Gasteiger partial charge < -0.3 is 9.53 Å². The Morgan fingerprint density at radius 1 is 1.33 bits per heavy atom. The van der Waals surface area contributed by atoms with E-state index in [-0.39, 0.29) is 5.97 Å². The molecule has 104 valence electrons. The second kappa shape index (κ2) is 9.86. The van der Waals surface area contributed by atoms with E-state index >= 15 is 0 Å². The molecule has 1 fully saturated rings. The molecule has 0 aromatic heterocycles. The van der Waals surface area contributed by atoms with E-state index in [1.54, 1.807) is 13.0 Å². The lowest BCUT2D eigenvalue weighted by Gasteiger charge is -2.03. The van der Waals surface area contributed by atoms with Gasteiger partial charge in [0.1, 0.15) is 6.29 Å². The lowest BCUT2D eigenvalue weighted by atomic mass is 10.0. The molecule has 3 nitrogen and oxygen atoms in total. The number of rotatable bonds is 4. The smallest absolute Gasteiger partial charge is 0.333 e. The Bertz CT molecular complexity index is 281. The molecule has 1 rings (SSSR count). The van der Waals surface area contributed by atoms with Gasteiger partial charge >= 0.3 is 5.97 Å². The van der Waals surface area contributed by atoms with Crippen LogP contribution in [0, 0.1) is 11.8 Å². The predicted molar refractivity (Wildman–Crippen MR) is 73.3 cm³/mol. The van der Waals surface area contributed by atoms with E-state index in [0.717, 1.165) is 24.7 Å². The van der Waals surface area contributed by atoms with Gasteiger partial charge in [0.15, 0.2) is 0 Å². The van der Waals surface area contributed by atoms with Crippen molar-refractivity contribution in [1.82, 2.24) is 0 Å². The van der Waals surface area contributed by atoms with Crippen molar-refractivity contribution in [3.63, 3.8) is 0 Å². The van der Waals surface area contributed by atoms with Crippen LogP contribution < -0.4 is 0 Å². The molecule has 0 heterocycles. The summed E-state index contributed by atoms with van der Waals surface area (Å²) in [7, 11) is 0. The SMILES string of the molecule is C/C=C(\CC)C(=O)OCC.CC1CCCC1C=O. The summed E-state index contributed by atoms with van der Waals surface area (Å²) >= 11 is 0. The highest BCUT2D eigenvalue weighted by Gasteiger charge is 2.21. The number of aldehydes is 1. The van der Waals surface area contributed by atoms with E-state index in [1.807, 2.05) is 13.8 Å². The van der Waals surface area contributed by atoms with Gasteiger partial charge in [-0.2, -0.15) is 0 Å². The predicted octanol–water partition coefficient (Wildman–Crippen LogP) is 3.53. The molecular formula is C15H26O3. The van der Waals surface area contributed by atoms with Gasteiger partial charge in [-0.05, 0) is 32.6 Å². The second-order valence-corrected chi connectivity index (χ2v) is 4.60. The van der Waals surface area contributed by atoms with Crippen molar-refractivity contribution >= 4 is 12.3 Å². The van der Waals surface area contributed by atoms with Crippen molar-refractivity contribution in [1.29, 1.82) is 0 Å². The first-order chi connectivity index (χ1) is 8.60. The van der Waals surface area contributed by atoms with Crippen LogP contribution in [0.25, 0.3) is 0 Å². The quantitative estimate of drug-likeness (QED) is 0.438. The molecule has 0 aromatic rings. The third-order valence-electron chi connectivity index (χ3n) is 3.37. The maximum absolute atomic E-state index is 10.9. The van der Waals surface area contributed by atoms with E-state index < -0.39 is 0 Å². The first-order valence-electron chi connectivity index (χ1n) is 6.88. The lowest BCUT2D eigenvalue weighted by Crippen LogP contribution is -2.06. The van der Waals surface area contributed by atoms with Gasteiger partial charge in [0.25, 0.3) is 0 Å². The summed E-state index contributed by atoms with van der Waals surface area (Å²) in [6.07, 6.45) is 7.28. The zero-order valence-corrected chi connectivity index (χ0v) is 12.1. The van der Waals surface area contributed by atoms with Crippen molar-refractivity contribution in [3.05, 3.63) is 11.6 Å². The van der Waals surface area contributed by atoms with E-state index in [1.165, 1.54) is 12.8 Å². The number of carbonyl (C=O) groups excluding carboxylic acids is 2. The highest BCUT2D eigenvalue weighted by atomic mass is 16.5. The first kappa shape index (κ1) is 16.9. The molecule has 0 aromatic carbocycles. The highest BCUT2D eigenvalue weighted by Crippen LogP contribution is 2.28. The van der Waals surface area contributed by atoms with Gasteiger partial charge in [-0.1, -0.05) is 32.8 Å². The zero-order valence-electron chi connectivity index (χ0n) is 12.1. The average Bonchev–Trinajstić information content (AvgIpc) is 2.77. The maximum Gasteiger partial charge on any atom is 0.333 e. The van der Waals surface area contributed by atoms with Crippen LogP contribution in [0.3, 0.4) is 0 Å². The molecule has 0 radical (unpaired) electrons. The summed E-state index contributed by atoms with van der Waals surface area (Å²) in [5, 5.41) is 0. The zero-order chi connectivity index (χ0) is 14.0. The number of hydrogen-bond donors (Lipinski definition) is 0. The van der Waals surface area contributed by atoms with Gasteiger partial charge in [-0.15, -0.1) is 0 Å². The molecule has 2 atom stereocenters. The summed E-state index contributed by atoms with van der Waals surface area (Å²) in [4.78, 5) is 21.1. The van der Waals surface area contributed by atoms with Crippen LogP contribution in [0.1, 0.15) is 53.4 Å². The Labute approximate surface area is 111 Å². The number of carbonyl (C=O) groups is 2. The van der Waals surface area contributed by atoms with E-state index in [9.17, 15) is 9.59 Å². The molecule has 3 heteroatoms. The summed E-state index contributed by atoms with van der Waals surface area (Å²) in [5.74, 6) is 0.856. The fourth-order valence-electron chi connectivity index (χ4n) is 2.07. The minimum Gasteiger partial charge on any atom is -0.463 e. The molecular weight excluding hydrogens is 228 g/mol. The van der Waals surface area contributed by atoms with Crippen LogP contribution in [-0.2, 0) is 14.3 Å². The minimum atomic E-state index is -0.187. The molecule has 0 saturated heterocycles. The van der Waals surface area contributed by atoms with Crippen LogP contribution in [0.2, 0.25) is 0 Å². The summed E-state index contributed by atoms with van der Waals surface area (Å²) in [6, 6.07) is 0. The monoisotopic (exact) mass is 254 g/mol. The summed E-state index contributed by atoms with van der Waals surface area (Å²) in [6.45, 7) is 8.20. The van der Waals surface area contributed by atoms with Gasteiger partial charge in [0, 0.05) is 11.5 Å². The molecule has 0 N–H and O–H groups in total. The fraction of sp³-hybridized carbons (Fsp3) is 0.733. The molecule has 1 saturated carbocycles. The van der Waals surface area contributed by atoms with E-state index in [4.69, 9.17) is 4.74 Å². The Kier molecular flexibility index (Phi) is 9.25. The standard InChI is InChI=1S/C8H14O2.C7H12O/c1-4-7(5-2)8(9)10-6-3;1-6-3-2-4-7(6)5-8/h4H,5-6H2,1-3H3;5-7H,2-4H2,1H3/b7-4+;. The summed E-state index contributed by atoms with van der Waals surface area (Å²) in [5.41, 5.74) is 0.752. The second-order valence-electron chi connectivity index (χ2n) is 4.60. The van der Waals surface area contributed by atoms with Crippen molar-refractivity contribution in [3.8, 4) is 0 Å². The Hall–Kier alpha value is -1.12. The van der Waals surface area contributed by atoms with Gasteiger partial charge in [0.2, 0.25) is 0 Å². The molecule has 0 aliphatic heterocycles. The van der Waals surface area contributed by atoms with Gasteiger partial charge in [0.05, 0.1) is 6.61 Å². The van der Waals surface area contributed by atoms with Gasteiger partial charge in [-0.3, -0.25) is 0 Å². The number of esters is 1. The topological polar surface area (TPSA) is 43.4 Å². The van der Waals surface area contributed by atoms with Crippen LogP contribution in [0.4, 0.5) is 0 Å². The molecule has 2 unspecified atom stereocenters. The van der Waals surface area contributed by atoms with Crippen LogP contribution >= 0.6 is 0 Å². The maximum atomic E-state index is 10.9. The lowest BCUT2D eigenvalue weighted by molar-refractivity contribution is -0.138. The van der Waals surface area contributed by atoms with Crippen molar-refractivity contribution in [2.75, 3.05) is 6.61 Å². The van der Waals surface area contributed by atoms with Crippen LogP contribution in [0.5, 0.6) is 0 Å². The molecule has 0 amide bonds. The minimum absolute atomic E-state index is 0.187. The van der Waals surface area contributed by atoms with Crippen molar-refractivity contribution in [2.45, 2.75) is 53.4 Å². The third-order valence-corrected chi connectivity index (χ3v) is 3.37. The first-order valence-corrected chi connectivity index (χ1v) is 6.88. The summed E-state index contributed by atoms with van der Waals surface area (Å²) < 4.78 is 4.78. The van der Waals surface area contributed by atoms with Crippen LogP contribution in [-0.4, -0.2) is 18.9 Å². The molecule has 18 heavy (non-hydrogen) atoms. The highest BCUT2D eigenvalue weighted by molar-refractivity contribution is 5.88. The Morgan fingerprint density at radius 3 is 2.28 bits per heavy atom. The van der Waals surface area contributed by atoms with Gasteiger partial charge in [-0.25, -0.2) is 4.79 Å². The third kappa shape index (κ3) is 5.99. The van der Waals surface area contributed by atoms with Crippen LogP contribution in [0.15, 0.2) is 11.6 Å². The molecule has 1 aliphatic carbocycles. The number of hydrogen-bond acceptors (Lipinski definition) is 3. The van der Waals surface area contributed by atoms with E-state index in [0.29, 0.717) is 18.4 Å². The molecule has 0 bridgehead atoms. The number of allylic oxidation sites excluding steroid dienone is 1. The largest absolute Gasteiger partial charge is 0.463 e. The number of ether oxygens (including phenoxy) is 1. The van der Waals surface area contributed by atoms with E-state index in [2.05, 4.69) is 6.92 Å². The van der Waals surface area contributed by atoms with Crippen molar-refractivity contribution < 1.29 is 14.3 Å².